The number of piperazine rings is 1. The number of carbonyl (C=O) groups is 6. The standard InChI is InChI=1S/C28H46N4O4.C18H14O8.H2O/c1-7-29(22(2)20-23-8-10-25(35-6)11-9-23)21-24-12-14-30(15-13-24)26(33)31-16-18-32(19-17-31)27(34)36-28(3,4)5;19-13(11-7-3-1-4-8-11)17(25,15(21)22)18(26,16(23)24)14(20)12-9-5-2-6-10-12;/h8-11,22,24H,7,12-21H2,1-6H3;1-10,25-26H,(H,21,22)(H,23,24);1H2. The van der Waals surface area contributed by atoms with Gasteiger partial charge in [0, 0.05) is 63.0 Å². The van der Waals surface area contributed by atoms with Crippen molar-refractivity contribution >= 4 is 35.6 Å². The van der Waals surface area contributed by atoms with Gasteiger partial charge in [-0.2, -0.15) is 0 Å². The van der Waals surface area contributed by atoms with E-state index in [2.05, 4.69) is 30.9 Å². The van der Waals surface area contributed by atoms with E-state index >= 15 is 0 Å². The Morgan fingerprint density at radius 2 is 1.13 bits per heavy atom. The summed E-state index contributed by atoms with van der Waals surface area (Å²) in [6.07, 6.45) is 2.80. The van der Waals surface area contributed by atoms with Crippen molar-refractivity contribution in [2.24, 2.45) is 5.92 Å². The molecule has 3 unspecified atom stereocenters. The maximum Gasteiger partial charge on any atom is 0.410 e. The number of Topliss-reactive ketones (excluding diaryl/α,β-unsaturated/α-hetero) is 2. The minimum atomic E-state index is -3.95. The highest BCUT2D eigenvalue weighted by Crippen LogP contribution is 2.32. The SMILES string of the molecule is CCN(CC1CCN(C(=O)N2CCN(C(=O)OC(C)(C)C)CC2)CC1)C(C)Cc1ccc(OC)cc1.O.O=C(O)C(O)(C(=O)c1ccccc1)C(O)(C(=O)O)C(=O)c1ccccc1. The molecule has 0 radical (unpaired) electrons. The molecule has 17 nitrogen and oxygen atoms in total. The Labute approximate surface area is 368 Å². The number of hydrogen-bond acceptors (Lipinski definition) is 11. The highest BCUT2D eigenvalue weighted by atomic mass is 16.6. The summed E-state index contributed by atoms with van der Waals surface area (Å²) in [5.41, 5.74) is -7.86. The molecule has 3 aromatic rings. The van der Waals surface area contributed by atoms with Crippen LogP contribution < -0.4 is 4.74 Å². The van der Waals surface area contributed by atoms with E-state index in [1.54, 1.807) is 12.0 Å². The summed E-state index contributed by atoms with van der Waals surface area (Å²) in [5.74, 6) is -6.53. The predicted octanol–water partition coefficient (Wildman–Crippen LogP) is 3.89. The molecule has 344 valence electrons. The molecule has 3 amide bonds. The molecule has 5 rings (SSSR count). The van der Waals surface area contributed by atoms with Crippen molar-refractivity contribution in [1.29, 1.82) is 0 Å². The van der Waals surface area contributed by atoms with Crippen molar-refractivity contribution in [1.82, 2.24) is 19.6 Å². The number of nitrogens with zero attached hydrogens (tertiary/aromatic N) is 4. The van der Waals surface area contributed by atoms with Crippen LogP contribution >= 0.6 is 0 Å². The molecular formula is C46H62N4O13. The van der Waals surface area contributed by atoms with Crippen molar-refractivity contribution < 1.29 is 64.1 Å². The van der Waals surface area contributed by atoms with Gasteiger partial charge in [0.2, 0.25) is 11.6 Å². The van der Waals surface area contributed by atoms with Crippen LogP contribution in [-0.4, -0.2) is 163 Å². The molecule has 2 fully saturated rings. The second-order valence-electron chi connectivity index (χ2n) is 16.6. The number of ketones is 2. The Bertz CT molecular complexity index is 1920. The lowest BCUT2D eigenvalue weighted by Gasteiger charge is -2.41. The van der Waals surface area contributed by atoms with Crippen molar-refractivity contribution in [3.05, 3.63) is 102 Å². The molecule has 3 aromatic carbocycles. The van der Waals surface area contributed by atoms with Gasteiger partial charge in [-0.1, -0.05) is 79.7 Å². The molecular weight excluding hydrogens is 817 g/mol. The number of urea groups is 1. The first-order valence-corrected chi connectivity index (χ1v) is 20.8. The Hall–Kier alpha value is -5.88. The molecule has 6 N–H and O–H groups in total. The fraction of sp³-hybridized carbons (Fsp3) is 0.478. The Morgan fingerprint density at radius 3 is 1.52 bits per heavy atom. The number of benzene rings is 3. The second-order valence-corrected chi connectivity index (χ2v) is 16.6. The zero-order valence-electron chi connectivity index (χ0n) is 36.9. The van der Waals surface area contributed by atoms with E-state index in [0.717, 1.165) is 75.5 Å². The summed E-state index contributed by atoms with van der Waals surface area (Å²) < 4.78 is 10.7. The lowest BCUT2D eigenvalue weighted by Crippen LogP contribution is -2.71. The average molecular weight is 879 g/mol. The van der Waals surface area contributed by atoms with E-state index in [0.29, 0.717) is 38.1 Å². The molecule has 2 aliphatic rings. The van der Waals surface area contributed by atoms with Gasteiger partial charge in [0.05, 0.1) is 7.11 Å². The average Bonchev–Trinajstić information content (AvgIpc) is 3.27. The number of likely N-dealkylation sites (tertiary alicyclic amines) is 1. The number of aliphatic carboxylic acids is 2. The maximum atomic E-state index is 13.1. The third-order valence-electron chi connectivity index (χ3n) is 11.2. The highest BCUT2D eigenvalue weighted by molar-refractivity contribution is 6.28. The molecule has 0 aliphatic carbocycles. The first-order chi connectivity index (χ1) is 29.3. The molecule has 2 aliphatic heterocycles. The monoisotopic (exact) mass is 878 g/mol. The minimum Gasteiger partial charge on any atom is -0.497 e. The number of amides is 3. The van der Waals surface area contributed by atoms with Gasteiger partial charge < -0.3 is 55.0 Å². The molecule has 17 heteroatoms. The summed E-state index contributed by atoms with van der Waals surface area (Å²) in [7, 11) is 1.70. The van der Waals surface area contributed by atoms with Gasteiger partial charge in [-0.05, 0) is 77.1 Å². The number of ether oxygens (including phenoxy) is 2. The van der Waals surface area contributed by atoms with Crippen LogP contribution in [0.3, 0.4) is 0 Å². The maximum absolute atomic E-state index is 13.1. The molecule has 63 heavy (non-hydrogen) atoms. The third kappa shape index (κ3) is 12.6. The molecule has 2 saturated heterocycles. The summed E-state index contributed by atoms with van der Waals surface area (Å²) in [6.45, 7) is 16.0. The molecule has 0 spiro atoms. The van der Waals surface area contributed by atoms with Gasteiger partial charge >= 0.3 is 24.1 Å². The van der Waals surface area contributed by atoms with E-state index in [4.69, 9.17) is 9.47 Å². The Balaban J connectivity index is 0.000000347. The van der Waals surface area contributed by atoms with E-state index in [9.17, 15) is 49.2 Å². The zero-order valence-corrected chi connectivity index (χ0v) is 36.9. The van der Waals surface area contributed by atoms with Crippen LogP contribution in [0.1, 0.15) is 73.7 Å². The normalized spacial score (nSPS) is 16.8. The van der Waals surface area contributed by atoms with Crippen molar-refractivity contribution in [3.63, 3.8) is 0 Å². The quantitative estimate of drug-likeness (QED) is 0.133. The van der Waals surface area contributed by atoms with Crippen LogP contribution in [0.4, 0.5) is 9.59 Å². The van der Waals surface area contributed by atoms with Crippen LogP contribution in [0.2, 0.25) is 0 Å². The Morgan fingerprint density at radius 1 is 0.698 bits per heavy atom. The predicted molar refractivity (Wildman–Crippen MR) is 233 cm³/mol. The van der Waals surface area contributed by atoms with Crippen LogP contribution in [0.25, 0.3) is 0 Å². The fourth-order valence-corrected chi connectivity index (χ4v) is 7.53. The van der Waals surface area contributed by atoms with Gasteiger partial charge in [-0.25, -0.2) is 19.2 Å². The van der Waals surface area contributed by atoms with Gasteiger partial charge in [0.15, 0.2) is 0 Å². The molecule has 0 saturated carbocycles. The number of aliphatic hydroxyl groups is 2. The van der Waals surface area contributed by atoms with Gasteiger partial charge in [0.25, 0.3) is 11.2 Å². The van der Waals surface area contributed by atoms with E-state index in [1.165, 1.54) is 42.0 Å². The van der Waals surface area contributed by atoms with Gasteiger partial charge in [0.1, 0.15) is 11.4 Å². The molecule has 2 heterocycles. The minimum absolute atomic E-state index is 0. The van der Waals surface area contributed by atoms with Gasteiger partial charge in [-0.3, -0.25) is 9.59 Å². The van der Waals surface area contributed by atoms with E-state index < -0.39 is 51.4 Å². The number of carbonyl (C=O) groups excluding carboxylic acids is 4. The smallest absolute Gasteiger partial charge is 0.410 e. The number of rotatable bonds is 14. The largest absolute Gasteiger partial charge is 0.497 e. The number of piperidine rings is 1. The van der Waals surface area contributed by atoms with Crippen molar-refractivity contribution in [2.45, 2.75) is 76.7 Å². The number of carboxylic acid groups (broad SMARTS) is 2. The van der Waals surface area contributed by atoms with E-state index in [-0.39, 0.29) is 17.6 Å². The van der Waals surface area contributed by atoms with E-state index in [1.807, 2.05) is 42.7 Å². The number of likely N-dealkylation sites (N-methyl/N-ethyl adjacent to an activating group) is 1. The molecule has 3 atom stereocenters. The highest BCUT2D eigenvalue weighted by Gasteiger charge is 2.69. The van der Waals surface area contributed by atoms with Crippen LogP contribution in [0, 0.1) is 5.92 Å². The summed E-state index contributed by atoms with van der Waals surface area (Å²) in [6, 6.07) is 21.8. The lowest BCUT2D eigenvalue weighted by molar-refractivity contribution is -0.187. The number of hydrogen-bond donors (Lipinski definition) is 4. The lowest BCUT2D eigenvalue weighted by atomic mass is 9.73. The van der Waals surface area contributed by atoms with Crippen molar-refractivity contribution in [2.75, 3.05) is 59.5 Å². The van der Waals surface area contributed by atoms with Crippen LogP contribution in [0.15, 0.2) is 84.9 Å². The second kappa shape index (κ2) is 22.5. The number of carboxylic acids is 2. The summed E-state index contributed by atoms with van der Waals surface area (Å²) >= 11 is 0. The molecule has 0 aromatic heterocycles. The number of methoxy groups -OCH3 is 1. The third-order valence-corrected chi connectivity index (χ3v) is 11.2. The zero-order chi connectivity index (χ0) is 45.8. The van der Waals surface area contributed by atoms with Crippen LogP contribution in [-0.2, 0) is 20.7 Å². The van der Waals surface area contributed by atoms with Gasteiger partial charge in [-0.15, -0.1) is 0 Å². The van der Waals surface area contributed by atoms with Crippen molar-refractivity contribution in [3.8, 4) is 5.75 Å². The summed E-state index contributed by atoms with van der Waals surface area (Å²) in [5, 5.41) is 39.9. The fourth-order valence-electron chi connectivity index (χ4n) is 7.53. The topological polar surface area (TPSA) is 246 Å². The Kier molecular flexibility index (Phi) is 18.4. The summed E-state index contributed by atoms with van der Waals surface area (Å²) in [4.78, 5) is 82.1. The first-order valence-electron chi connectivity index (χ1n) is 20.8. The van der Waals surface area contributed by atoms with Crippen LogP contribution in [0.5, 0.6) is 5.75 Å². The first kappa shape index (κ1) is 51.5. The molecule has 0 bridgehead atoms.